The Bertz CT molecular complexity index is 893. The predicted octanol–water partition coefficient (Wildman–Crippen LogP) is 1.41. The summed E-state index contributed by atoms with van der Waals surface area (Å²) in [6.07, 6.45) is 2.60. The van der Waals surface area contributed by atoms with Crippen molar-refractivity contribution in [2.45, 2.75) is 31.8 Å². The van der Waals surface area contributed by atoms with Crippen LogP contribution in [0.15, 0.2) is 36.5 Å². The quantitative estimate of drug-likeness (QED) is 0.843. The molecule has 7 heteroatoms. The molecule has 2 aromatic rings. The molecule has 7 nitrogen and oxygen atoms in total. The van der Waals surface area contributed by atoms with Gasteiger partial charge in [0.05, 0.1) is 16.8 Å². The van der Waals surface area contributed by atoms with Gasteiger partial charge in [0.2, 0.25) is 5.91 Å². The molecule has 2 N–H and O–H groups in total. The number of carbonyl (C=O) groups is 2. The second-order valence-electron chi connectivity index (χ2n) is 8.03. The van der Waals surface area contributed by atoms with Crippen molar-refractivity contribution in [1.82, 2.24) is 25.3 Å². The van der Waals surface area contributed by atoms with Gasteiger partial charge in [-0.05, 0) is 18.9 Å². The second kappa shape index (κ2) is 7.05. The summed E-state index contributed by atoms with van der Waals surface area (Å²) in [6.45, 7) is 5.22. The number of aromatic nitrogens is 2. The van der Waals surface area contributed by atoms with E-state index in [-0.39, 0.29) is 23.8 Å². The van der Waals surface area contributed by atoms with Gasteiger partial charge in [-0.25, -0.2) is 0 Å². The van der Waals surface area contributed by atoms with Crippen LogP contribution in [0, 0.1) is 12.8 Å². The number of aryl methyl sites for hydroxylation is 2. The zero-order chi connectivity index (χ0) is 19.9. The summed E-state index contributed by atoms with van der Waals surface area (Å²) in [5.41, 5.74) is 2.12. The highest BCUT2D eigenvalue weighted by molar-refractivity contribution is 5.95. The number of nitrogens with one attached hydrogen (secondary N) is 2. The standard InChI is InChI=1S/C21H27N5O2/c1-14-17(11-25(3)24-14)20(28)26-10-9-18-19(16-7-5-4-6-8-16)22-12-21(18,13-26)23-15(2)27/h4-8,11,18-19,22H,9-10,12-13H2,1-3H3,(H,23,27)/t18-,19-,21+/m1/s1. The third-order valence-electron chi connectivity index (χ3n) is 6.05. The van der Waals surface area contributed by atoms with Crippen LogP contribution < -0.4 is 10.6 Å². The van der Waals surface area contributed by atoms with E-state index in [1.54, 1.807) is 17.8 Å². The fourth-order valence-electron chi connectivity index (χ4n) is 4.91. The minimum atomic E-state index is -0.462. The molecule has 0 saturated carbocycles. The van der Waals surface area contributed by atoms with Crippen molar-refractivity contribution in [3.8, 4) is 0 Å². The molecule has 2 aliphatic rings. The van der Waals surface area contributed by atoms with Gasteiger partial charge < -0.3 is 15.5 Å². The summed E-state index contributed by atoms with van der Waals surface area (Å²) < 4.78 is 1.67. The van der Waals surface area contributed by atoms with E-state index in [1.165, 1.54) is 5.56 Å². The lowest BCUT2D eigenvalue weighted by Gasteiger charge is -2.45. The smallest absolute Gasteiger partial charge is 0.257 e. The van der Waals surface area contributed by atoms with E-state index in [9.17, 15) is 9.59 Å². The Balaban J connectivity index is 1.62. The fourth-order valence-corrected chi connectivity index (χ4v) is 4.91. The van der Waals surface area contributed by atoms with E-state index in [4.69, 9.17) is 0 Å². The molecule has 2 saturated heterocycles. The predicted molar refractivity (Wildman–Crippen MR) is 106 cm³/mol. The Morgan fingerprint density at radius 2 is 2.04 bits per heavy atom. The monoisotopic (exact) mass is 381 g/mol. The Hall–Kier alpha value is -2.67. The molecule has 1 aromatic heterocycles. The Morgan fingerprint density at radius 1 is 1.29 bits per heavy atom. The molecule has 2 fully saturated rings. The highest BCUT2D eigenvalue weighted by Gasteiger charge is 2.53. The molecular formula is C21H27N5O2. The van der Waals surface area contributed by atoms with Gasteiger partial charge in [-0.2, -0.15) is 5.10 Å². The normalized spacial score (nSPS) is 26.8. The van der Waals surface area contributed by atoms with E-state index in [2.05, 4.69) is 27.9 Å². The van der Waals surface area contributed by atoms with E-state index in [0.717, 1.165) is 12.1 Å². The van der Waals surface area contributed by atoms with Crippen molar-refractivity contribution < 1.29 is 9.59 Å². The second-order valence-corrected chi connectivity index (χ2v) is 8.03. The first kappa shape index (κ1) is 18.7. The lowest BCUT2D eigenvalue weighted by Crippen LogP contribution is -2.64. The average molecular weight is 381 g/mol. The van der Waals surface area contributed by atoms with Crippen LogP contribution >= 0.6 is 0 Å². The first-order chi connectivity index (χ1) is 13.4. The third-order valence-corrected chi connectivity index (χ3v) is 6.05. The molecule has 0 spiro atoms. The zero-order valence-corrected chi connectivity index (χ0v) is 16.6. The number of hydrogen-bond acceptors (Lipinski definition) is 4. The third kappa shape index (κ3) is 3.20. The molecule has 3 heterocycles. The molecule has 4 rings (SSSR count). The molecule has 3 atom stereocenters. The van der Waals surface area contributed by atoms with Gasteiger partial charge in [0, 0.05) is 51.8 Å². The number of amides is 2. The number of carbonyl (C=O) groups excluding carboxylic acids is 2. The first-order valence-corrected chi connectivity index (χ1v) is 9.76. The largest absolute Gasteiger partial charge is 0.347 e. The molecule has 2 amide bonds. The van der Waals surface area contributed by atoms with Crippen LogP contribution in [0.3, 0.4) is 0 Å². The van der Waals surface area contributed by atoms with Crippen LogP contribution in [-0.4, -0.2) is 51.7 Å². The van der Waals surface area contributed by atoms with Crippen LogP contribution in [0.2, 0.25) is 0 Å². The molecule has 28 heavy (non-hydrogen) atoms. The van der Waals surface area contributed by atoms with E-state index < -0.39 is 5.54 Å². The van der Waals surface area contributed by atoms with E-state index in [0.29, 0.717) is 25.2 Å². The van der Waals surface area contributed by atoms with Gasteiger partial charge in [0.25, 0.3) is 5.91 Å². The number of rotatable bonds is 3. The number of fused-ring (bicyclic) bond motifs is 1. The summed E-state index contributed by atoms with van der Waals surface area (Å²) >= 11 is 0. The molecule has 148 valence electrons. The number of nitrogens with zero attached hydrogens (tertiary/aromatic N) is 3. The van der Waals surface area contributed by atoms with Crippen molar-refractivity contribution >= 4 is 11.8 Å². The Morgan fingerprint density at radius 3 is 2.68 bits per heavy atom. The minimum Gasteiger partial charge on any atom is -0.347 e. The van der Waals surface area contributed by atoms with Crippen molar-refractivity contribution in [3.05, 3.63) is 53.3 Å². The van der Waals surface area contributed by atoms with Gasteiger partial charge >= 0.3 is 0 Å². The maximum absolute atomic E-state index is 13.1. The highest BCUT2D eigenvalue weighted by atomic mass is 16.2. The minimum absolute atomic E-state index is 0.0167. The number of benzene rings is 1. The lowest BCUT2D eigenvalue weighted by atomic mass is 9.75. The zero-order valence-electron chi connectivity index (χ0n) is 16.6. The SMILES string of the molecule is CC(=O)N[C@]12CN[C@H](c3ccccc3)[C@H]1CCN(C(=O)c1cn(C)nc1C)C2. The van der Waals surface area contributed by atoms with Gasteiger partial charge in [-0.15, -0.1) is 0 Å². The average Bonchev–Trinajstić information content (AvgIpc) is 3.20. The number of likely N-dealkylation sites (tertiary alicyclic amines) is 1. The molecule has 1 aromatic carbocycles. The van der Waals surface area contributed by atoms with Crippen LogP contribution in [-0.2, 0) is 11.8 Å². The summed E-state index contributed by atoms with van der Waals surface area (Å²) in [6, 6.07) is 10.5. The Labute approximate surface area is 165 Å². The summed E-state index contributed by atoms with van der Waals surface area (Å²) in [7, 11) is 1.82. The molecule has 0 aliphatic carbocycles. The molecule has 0 bridgehead atoms. The summed E-state index contributed by atoms with van der Waals surface area (Å²) in [5.74, 6) is 0.155. The van der Waals surface area contributed by atoms with Gasteiger partial charge in [-0.1, -0.05) is 30.3 Å². The maximum atomic E-state index is 13.1. The van der Waals surface area contributed by atoms with Crippen LogP contribution in [0.5, 0.6) is 0 Å². The lowest BCUT2D eigenvalue weighted by molar-refractivity contribution is -0.122. The molecule has 0 unspecified atom stereocenters. The van der Waals surface area contributed by atoms with E-state index >= 15 is 0 Å². The topological polar surface area (TPSA) is 79.3 Å². The molecule has 2 aliphatic heterocycles. The Kier molecular flexibility index (Phi) is 4.71. The van der Waals surface area contributed by atoms with Crippen molar-refractivity contribution in [1.29, 1.82) is 0 Å². The summed E-state index contributed by atoms with van der Waals surface area (Å²) in [5, 5.41) is 11.1. The number of piperidine rings is 1. The highest BCUT2D eigenvalue weighted by Crippen LogP contribution is 2.42. The first-order valence-electron chi connectivity index (χ1n) is 9.76. The fraction of sp³-hybridized carbons (Fsp3) is 0.476. The van der Waals surface area contributed by atoms with E-state index in [1.807, 2.05) is 37.1 Å². The molecular weight excluding hydrogens is 354 g/mol. The van der Waals surface area contributed by atoms with Gasteiger partial charge in [-0.3, -0.25) is 14.3 Å². The maximum Gasteiger partial charge on any atom is 0.257 e. The van der Waals surface area contributed by atoms with Crippen molar-refractivity contribution in [2.75, 3.05) is 19.6 Å². The van der Waals surface area contributed by atoms with Crippen LogP contribution in [0.1, 0.15) is 41.0 Å². The number of hydrogen-bond donors (Lipinski definition) is 2. The van der Waals surface area contributed by atoms with Crippen molar-refractivity contribution in [3.63, 3.8) is 0 Å². The molecule has 0 radical (unpaired) electrons. The summed E-state index contributed by atoms with van der Waals surface area (Å²) in [4.78, 5) is 27.0. The van der Waals surface area contributed by atoms with Gasteiger partial charge in [0.1, 0.15) is 0 Å². The van der Waals surface area contributed by atoms with Crippen molar-refractivity contribution in [2.24, 2.45) is 13.0 Å². The van der Waals surface area contributed by atoms with Crippen LogP contribution in [0.4, 0.5) is 0 Å². The van der Waals surface area contributed by atoms with Gasteiger partial charge in [0.15, 0.2) is 0 Å². The van der Waals surface area contributed by atoms with Crippen LogP contribution in [0.25, 0.3) is 0 Å².